The van der Waals surface area contributed by atoms with E-state index in [4.69, 9.17) is 0 Å². The number of fused-ring (bicyclic) bond motifs is 6. The van der Waals surface area contributed by atoms with Gasteiger partial charge in [-0.25, -0.2) is 0 Å². The summed E-state index contributed by atoms with van der Waals surface area (Å²) in [4.78, 5) is 2.42. The van der Waals surface area contributed by atoms with E-state index in [-0.39, 0.29) is 0 Å². The van der Waals surface area contributed by atoms with Gasteiger partial charge in [-0.1, -0.05) is 194 Å². The van der Waals surface area contributed by atoms with Crippen molar-refractivity contribution in [3.05, 3.63) is 249 Å². The Bertz CT molecular complexity index is 3630. The third-order valence-electron chi connectivity index (χ3n) is 12.7. The summed E-state index contributed by atoms with van der Waals surface area (Å²) in [7, 11) is 0. The molecule has 12 aromatic rings. The normalized spacial score (nSPS) is 11.4. The zero-order chi connectivity index (χ0) is 42.4. The molecule has 0 N–H and O–H groups in total. The monoisotopic (exact) mass is 831 g/mol. The molecule has 11 aromatic carbocycles. The summed E-state index contributed by atoms with van der Waals surface area (Å²) >= 11 is 1.85. The van der Waals surface area contributed by atoms with Gasteiger partial charge in [0.2, 0.25) is 0 Å². The summed E-state index contributed by atoms with van der Waals surface area (Å²) in [6.45, 7) is 0. The van der Waals surface area contributed by atoms with Crippen LogP contribution in [-0.4, -0.2) is 0 Å². The molecule has 0 radical (unpaired) electrons. The molecule has 0 aliphatic rings. The molecule has 12 rings (SSSR count). The quantitative estimate of drug-likeness (QED) is 0.138. The number of hydrogen-bond acceptors (Lipinski definition) is 2. The fourth-order valence-corrected chi connectivity index (χ4v) is 10.8. The van der Waals surface area contributed by atoms with E-state index in [1.54, 1.807) is 0 Å². The van der Waals surface area contributed by atoms with Crippen molar-refractivity contribution in [2.45, 2.75) is 0 Å². The van der Waals surface area contributed by atoms with E-state index in [0.29, 0.717) is 0 Å². The lowest BCUT2D eigenvalue weighted by Crippen LogP contribution is -2.10. The van der Waals surface area contributed by atoms with E-state index in [1.165, 1.54) is 97.4 Å². The molecule has 2 heteroatoms. The summed E-state index contributed by atoms with van der Waals surface area (Å²) in [6, 6.07) is 91.0. The maximum atomic E-state index is 2.42. The van der Waals surface area contributed by atoms with Gasteiger partial charge < -0.3 is 4.90 Å². The molecule has 300 valence electrons. The molecule has 0 aliphatic carbocycles. The fraction of sp³-hybridized carbons (Fsp3) is 0. The van der Waals surface area contributed by atoms with Crippen LogP contribution in [0, 0.1) is 0 Å². The molecule has 1 aromatic heterocycles. The van der Waals surface area contributed by atoms with E-state index < -0.39 is 0 Å². The van der Waals surface area contributed by atoms with Crippen molar-refractivity contribution in [1.29, 1.82) is 0 Å². The van der Waals surface area contributed by atoms with Gasteiger partial charge in [0.15, 0.2) is 0 Å². The Labute approximate surface area is 377 Å². The van der Waals surface area contributed by atoms with Gasteiger partial charge in [-0.15, -0.1) is 11.3 Å². The highest BCUT2D eigenvalue weighted by atomic mass is 32.1. The van der Waals surface area contributed by atoms with Crippen LogP contribution >= 0.6 is 11.3 Å². The SMILES string of the molecule is c1ccc(-c2ccc(N(c3ccc(-c4ccc5c(c4)c(-c4ccccc4)c(-c4ccccc4)c4ccccc45)cc3)c3ccc4sc5ccccc5c4c3)cc2-c2ccccc2)cc1. The fourth-order valence-electron chi connectivity index (χ4n) is 9.68. The van der Waals surface area contributed by atoms with E-state index >= 15 is 0 Å². The van der Waals surface area contributed by atoms with Crippen LogP contribution in [0.15, 0.2) is 249 Å². The van der Waals surface area contributed by atoms with Crippen molar-refractivity contribution < 1.29 is 0 Å². The van der Waals surface area contributed by atoms with Gasteiger partial charge in [0, 0.05) is 37.2 Å². The van der Waals surface area contributed by atoms with Crippen molar-refractivity contribution in [2.24, 2.45) is 0 Å². The largest absolute Gasteiger partial charge is 0.310 e. The summed E-state index contributed by atoms with van der Waals surface area (Å²) < 4.78 is 2.60. The Morgan fingerprint density at radius 3 is 1.38 bits per heavy atom. The first-order chi connectivity index (χ1) is 31.7. The van der Waals surface area contributed by atoms with Gasteiger partial charge in [0.1, 0.15) is 0 Å². The average Bonchev–Trinajstić information content (AvgIpc) is 3.75. The van der Waals surface area contributed by atoms with Gasteiger partial charge in [-0.3, -0.25) is 0 Å². The smallest absolute Gasteiger partial charge is 0.0468 e. The number of thiophene rings is 1. The second-order valence-electron chi connectivity index (χ2n) is 16.4. The number of anilines is 3. The molecule has 0 fully saturated rings. The standard InChI is InChI=1S/C62H41NS/c1-5-17-43(18-6-1)51-37-34-49(40-56(51)44-19-7-2-8-20-44)63(50-35-38-60-57(41-50)54-26-15-16-28-59(54)64-60)48-32-29-42(30-33-48)47-31-36-53-52-25-13-14-27-55(52)61(45-21-9-3-10-22-45)62(58(53)39-47)46-23-11-4-12-24-46/h1-41H. The summed E-state index contributed by atoms with van der Waals surface area (Å²) in [5.74, 6) is 0. The van der Waals surface area contributed by atoms with Crippen molar-refractivity contribution in [2.75, 3.05) is 4.90 Å². The lowest BCUT2D eigenvalue weighted by atomic mass is 9.84. The molecule has 0 atom stereocenters. The Kier molecular flexibility index (Phi) is 9.43. The molecule has 64 heavy (non-hydrogen) atoms. The second kappa shape index (κ2) is 16.0. The first-order valence-electron chi connectivity index (χ1n) is 21.9. The Morgan fingerprint density at radius 1 is 0.234 bits per heavy atom. The molecule has 0 aliphatic heterocycles. The second-order valence-corrected chi connectivity index (χ2v) is 17.5. The van der Waals surface area contributed by atoms with E-state index in [1.807, 2.05) is 11.3 Å². The lowest BCUT2D eigenvalue weighted by molar-refractivity contribution is 1.29. The Balaban J connectivity index is 1.03. The molecule has 0 bridgehead atoms. The predicted octanol–water partition coefficient (Wildman–Crippen LogP) is 18.2. The lowest BCUT2D eigenvalue weighted by Gasteiger charge is -2.27. The zero-order valence-corrected chi connectivity index (χ0v) is 35.8. The van der Waals surface area contributed by atoms with Crippen LogP contribution < -0.4 is 4.90 Å². The molecule has 1 heterocycles. The van der Waals surface area contributed by atoms with E-state index in [2.05, 4.69) is 254 Å². The van der Waals surface area contributed by atoms with Crippen LogP contribution in [0.2, 0.25) is 0 Å². The molecule has 0 unspecified atom stereocenters. The maximum absolute atomic E-state index is 2.42. The molecule has 0 saturated carbocycles. The van der Waals surface area contributed by atoms with Gasteiger partial charge in [0.05, 0.1) is 0 Å². The molecule has 0 spiro atoms. The van der Waals surface area contributed by atoms with Crippen LogP contribution in [0.3, 0.4) is 0 Å². The number of nitrogens with zero attached hydrogens (tertiary/aromatic N) is 1. The first kappa shape index (κ1) is 37.7. The third-order valence-corrected chi connectivity index (χ3v) is 13.8. The van der Waals surface area contributed by atoms with Crippen LogP contribution in [0.5, 0.6) is 0 Å². The number of hydrogen-bond donors (Lipinski definition) is 0. The van der Waals surface area contributed by atoms with Crippen LogP contribution in [0.1, 0.15) is 0 Å². The zero-order valence-electron chi connectivity index (χ0n) is 35.0. The predicted molar refractivity (Wildman–Crippen MR) is 276 cm³/mol. The summed E-state index contributed by atoms with van der Waals surface area (Å²) in [5.41, 5.74) is 15.4. The highest BCUT2D eigenvalue weighted by Gasteiger charge is 2.20. The molecule has 0 amide bonds. The molecular weight excluding hydrogens is 791 g/mol. The number of benzene rings is 11. The van der Waals surface area contributed by atoms with Crippen LogP contribution in [-0.2, 0) is 0 Å². The topological polar surface area (TPSA) is 3.24 Å². The first-order valence-corrected chi connectivity index (χ1v) is 22.7. The van der Waals surface area contributed by atoms with Gasteiger partial charge in [-0.2, -0.15) is 0 Å². The van der Waals surface area contributed by atoms with E-state index in [0.717, 1.165) is 17.1 Å². The Hall–Kier alpha value is -8.04. The highest BCUT2D eigenvalue weighted by molar-refractivity contribution is 7.25. The van der Waals surface area contributed by atoms with Crippen LogP contribution in [0.4, 0.5) is 17.1 Å². The molecule has 0 saturated heterocycles. The molecular formula is C62H41NS. The van der Waals surface area contributed by atoms with Gasteiger partial charge in [0.25, 0.3) is 0 Å². The minimum atomic E-state index is 1.09. The minimum absolute atomic E-state index is 1.09. The summed E-state index contributed by atoms with van der Waals surface area (Å²) in [6.07, 6.45) is 0. The molecule has 1 nitrogen and oxygen atoms in total. The van der Waals surface area contributed by atoms with Gasteiger partial charge in [-0.05, 0) is 132 Å². The van der Waals surface area contributed by atoms with E-state index in [9.17, 15) is 0 Å². The third kappa shape index (κ3) is 6.64. The Morgan fingerprint density at radius 2 is 0.703 bits per heavy atom. The van der Waals surface area contributed by atoms with Crippen molar-refractivity contribution in [1.82, 2.24) is 0 Å². The van der Waals surface area contributed by atoms with Crippen LogP contribution in [0.25, 0.3) is 97.4 Å². The number of rotatable bonds is 8. The minimum Gasteiger partial charge on any atom is -0.310 e. The average molecular weight is 832 g/mol. The maximum Gasteiger partial charge on any atom is 0.0468 e. The van der Waals surface area contributed by atoms with Gasteiger partial charge >= 0.3 is 0 Å². The summed E-state index contributed by atoms with van der Waals surface area (Å²) in [5, 5.41) is 7.59. The highest BCUT2D eigenvalue weighted by Crippen LogP contribution is 2.47. The van der Waals surface area contributed by atoms with Crippen molar-refractivity contribution >= 4 is 70.1 Å². The van der Waals surface area contributed by atoms with Crippen molar-refractivity contribution in [3.8, 4) is 55.6 Å². The van der Waals surface area contributed by atoms with Crippen molar-refractivity contribution in [3.63, 3.8) is 0 Å².